The van der Waals surface area contributed by atoms with E-state index < -0.39 is 17.8 Å². The van der Waals surface area contributed by atoms with E-state index in [-0.39, 0.29) is 17.1 Å². The van der Waals surface area contributed by atoms with Crippen molar-refractivity contribution in [2.45, 2.75) is 25.7 Å². The van der Waals surface area contributed by atoms with Gasteiger partial charge in [0.2, 0.25) is 0 Å². The van der Waals surface area contributed by atoms with Crippen LogP contribution in [0.15, 0.2) is 36.4 Å². The fraction of sp³-hybridized carbons (Fsp3) is 0.333. The normalized spacial score (nSPS) is 21.6. The Morgan fingerprint density at radius 2 is 1.68 bits per heavy atom. The molecule has 2 aromatic rings. The Kier molecular flexibility index (Phi) is 3.84. The highest BCUT2D eigenvalue weighted by molar-refractivity contribution is 6.06. The molecule has 1 aliphatic carbocycles. The van der Waals surface area contributed by atoms with Crippen molar-refractivity contribution in [3.63, 3.8) is 0 Å². The summed E-state index contributed by atoms with van der Waals surface area (Å²) >= 11 is 0. The predicted molar refractivity (Wildman–Crippen MR) is 80.4 cm³/mol. The molecule has 0 unspecified atom stereocenters. The van der Waals surface area contributed by atoms with Gasteiger partial charge in [-0.2, -0.15) is 0 Å². The van der Waals surface area contributed by atoms with E-state index in [1.54, 1.807) is 24.3 Å². The lowest BCUT2D eigenvalue weighted by Crippen LogP contribution is -2.40. The summed E-state index contributed by atoms with van der Waals surface area (Å²) in [6.07, 6.45) is 2.62. The standard InChI is InChI=1S/C18H18O4/c19-16-12-6-2-1-5-11(12)9-10-15(16)17(20)13-7-3-4-8-14(13)18(21)22/h1-2,5-6,9-10,13-14,19H,3-4,7-8H2,(H,21,22)/p-1/t13-,14+/m1/s1. The van der Waals surface area contributed by atoms with E-state index in [0.717, 1.165) is 18.2 Å². The van der Waals surface area contributed by atoms with Crippen LogP contribution in [0.3, 0.4) is 0 Å². The molecule has 1 saturated carbocycles. The number of carbonyl (C=O) groups is 2. The summed E-state index contributed by atoms with van der Waals surface area (Å²) in [6, 6.07) is 10.6. The van der Waals surface area contributed by atoms with E-state index in [1.165, 1.54) is 0 Å². The third-order valence-electron chi connectivity index (χ3n) is 4.57. The lowest BCUT2D eigenvalue weighted by molar-refractivity contribution is -0.313. The summed E-state index contributed by atoms with van der Waals surface area (Å²) in [6.45, 7) is 0. The molecule has 0 heterocycles. The fourth-order valence-electron chi connectivity index (χ4n) is 3.38. The van der Waals surface area contributed by atoms with Crippen molar-refractivity contribution in [1.82, 2.24) is 0 Å². The molecular weight excluding hydrogens is 280 g/mol. The first-order valence-electron chi connectivity index (χ1n) is 7.55. The van der Waals surface area contributed by atoms with E-state index >= 15 is 0 Å². The molecule has 4 nitrogen and oxygen atoms in total. The molecule has 3 rings (SSSR count). The summed E-state index contributed by atoms with van der Waals surface area (Å²) < 4.78 is 0. The molecule has 4 heteroatoms. The first kappa shape index (κ1) is 14.6. The van der Waals surface area contributed by atoms with E-state index in [0.29, 0.717) is 18.2 Å². The molecule has 0 amide bonds. The monoisotopic (exact) mass is 297 g/mol. The van der Waals surface area contributed by atoms with E-state index in [2.05, 4.69) is 0 Å². The first-order valence-corrected chi connectivity index (χ1v) is 7.55. The molecule has 1 N–H and O–H groups in total. The van der Waals surface area contributed by atoms with Crippen molar-refractivity contribution in [2.75, 3.05) is 0 Å². The molecule has 114 valence electrons. The number of aromatic hydroxyl groups is 1. The zero-order chi connectivity index (χ0) is 15.7. The van der Waals surface area contributed by atoms with Gasteiger partial charge in [0, 0.05) is 23.2 Å². The summed E-state index contributed by atoms with van der Waals surface area (Å²) in [7, 11) is 0. The van der Waals surface area contributed by atoms with Gasteiger partial charge in [-0.05, 0) is 24.3 Å². The molecule has 2 aromatic carbocycles. The summed E-state index contributed by atoms with van der Waals surface area (Å²) in [5, 5.41) is 23.1. The number of rotatable bonds is 3. The van der Waals surface area contributed by atoms with Gasteiger partial charge in [-0.15, -0.1) is 0 Å². The van der Waals surface area contributed by atoms with E-state index in [9.17, 15) is 19.8 Å². The lowest BCUT2D eigenvalue weighted by Gasteiger charge is -2.31. The van der Waals surface area contributed by atoms with Gasteiger partial charge in [0.25, 0.3) is 0 Å². The quantitative estimate of drug-likeness (QED) is 0.882. The van der Waals surface area contributed by atoms with Gasteiger partial charge in [0.1, 0.15) is 5.75 Å². The third-order valence-corrected chi connectivity index (χ3v) is 4.57. The third kappa shape index (κ3) is 2.45. The van der Waals surface area contributed by atoms with Crippen molar-refractivity contribution >= 4 is 22.5 Å². The predicted octanol–water partition coefficient (Wildman–Crippen LogP) is 2.28. The molecule has 1 fully saturated rings. The molecule has 0 saturated heterocycles. The number of carboxylic acid groups (broad SMARTS) is 1. The highest BCUT2D eigenvalue weighted by Gasteiger charge is 2.33. The number of fused-ring (bicyclic) bond motifs is 1. The number of phenols is 1. The number of ketones is 1. The highest BCUT2D eigenvalue weighted by Crippen LogP contribution is 2.36. The van der Waals surface area contributed by atoms with Gasteiger partial charge in [-0.3, -0.25) is 4.79 Å². The second-order valence-electron chi connectivity index (χ2n) is 5.86. The Labute approximate surface area is 128 Å². The van der Waals surface area contributed by atoms with Crippen LogP contribution in [0.25, 0.3) is 10.8 Å². The molecule has 2 atom stereocenters. The average Bonchev–Trinajstić information content (AvgIpc) is 2.55. The first-order chi connectivity index (χ1) is 10.6. The van der Waals surface area contributed by atoms with Crippen LogP contribution in [0.2, 0.25) is 0 Å². The Balaban J connectivity index is 2.01. The Bertz CT molecular complexity index is 735. The number of benzene rings is 2. The number of Topliss-reactive ketones (excluding diaryl/α,β-unsaturated/α-hetero) is 1. The summed E-state index contributed by atoms with van der Waals surface area (Å²) in [5.41, 5.74) is 0.205. The summed E-state index contributed by atoms with van der Waals surface area (Å²) in [4.78, 5) is 24.0. The smallest absolute Gasteiger partial charge is 0.170 e. The molecule has 0 aliphatic heterocycles. The van der Waals surface area contributed by atoms with Gasteiger partial charge >= 0.3 is 0 Å². The maximum absolute atomic E-state index is 12.7. The zero-order valence-electron chi connectivity index (χ0n) is 12.1. The van der Waals surface area contributed by atoms with Crippen molar-refractivity contribution in [3.05, 3.63) is 42.0 Å². The molecule has 22 heavy (non-hydrogen) atoms. The van der Waals surface area contributed by atoms with Gasteiger partial charge in [-0.1, -0.05) is 43.2 Å². The van der Waals surface area contributed by atoms with Gasteiger partial charge in [0.15, 0.2) is 5.78 Å². The Morgan fingerprint density at radius 3 is 2.41 bits per heavy atom. The topological polar surface area (TPSA) is 77.4 Å². The van der Waals surface area contributed by atoms with Crippen LogP contribution in [0.4, 0.5) is 0 Å². The van der Waals surface area contributed by atoms with Gasteiger partial charge in [0.05, 0.1) is 5.56 Å². The number of phenolic OH excluding ortho intramolecular Hbond substituents is 1. The number of carbonyl (C=O) groups excluding carboxylic acids is 2. The fourth-order valence-corrected chi connectivity index (χ4v) is 3.38. The lowest BCUT2D eigenvalue weighted by atomic mass is 9.75. The van der Waals surface area contributed by atoms with Crippen molar-refractivity contribution < 1.29 is 19.8 Å². The number of carboxylic acids is 1. The second kappa shape index (κ2) is 5.79. The largest absolute Gasteiger partial charge is 0.550 e. The zero-order valence-corrected chi connectivity index (χ0v) is 12.1. The molecule has 0 bridgehead atoms. The minimum absolute atomic E-state index is 0.0641. The minimum atomic E-state index is -1.17. The Hall–Kier alpha value is -2.36. The highest BCUT2D eigenvalue weighted by atomic mass is 16.4. The minimum Gasteiger partial charge on any atom is -0.550 e. The summed E-state index contributed by atoms with van der Waals surface area (Å²) in [5.74, 6) is -2.89. The Morgan fingerprint density at radius 1 is 1.00 bits per heavy atom. The van der Waals surface area contributed by atoms with Crippen LogP contribution in [0.5, 0.6) is 5.75 Å². The number of hydrogen-bond acceptors (Lipinski definition) is 4. The van der Waals surface area contributed by atoms with E-state index in [4.69, 9.17) is 0 Å². The molecule has 0 radical (unpaired) electrons. The molecule has 1 aliphatic rings. The van der Waals surface area contributed by atoms with Crippen LogP contribution in [-0.4, -0.2) is 16.9 Å². The average molecular weight is 297 g/mol. The number of hydrogen-bond donors (Lipinski definition) is 1. The van der Waals surface area contributed by atoms with Gasteiger partial charge in [-0.25, -0.2) is 0 Å². The number of aliphatic carboxylic acids is 1. The van der Waals surface area contributed by atoms with Crippen molar-refractivity contribution in [1.29, 1.82) is 0 Å². The molecule has 0 aromatic heterocycles. The van der Waals surface area contributed by atoms with E-state index in [1.807, 2.05) is 12.1 Å². The van der Waals surface area contributed by atoms with Crippen molar-refractivity contribution in [3.8, 4) is 5.75 Å². The maximum Gasteiger partial charge on any atom is 0.170 e. The van der Waals surface area contributed by atoms with Gasteiger partial charge < -0.3 is 15.0 Å². The molecule has 0 spiro atoms. The second-order valence-corrected chi connectivity index (χ2v) is 5.86. The van der Waals surface area contributed by atoms with Crippen LogP contribution in [-0.2, 0) is 4.79 Å². The van der Waals surface area contributed by atoms with Crippen LogP contribution < -0.4 is 5.11 Å². The van der Waals surface area contributed by atoms with Crippen LogP contribution in [0, 0.1) is 11.8 Å². The van der Waals surface area contributed by atoms with Crippen molar-refractivity contribution in [2.24, 2.45) is 11.8 Å². The SMILES string of the molecule is O=C([O-])[C@H]1CCCC[C@H]1C(=O)c1ccc2ccccc2c1O. The molecular formula is C18H17O4-. The van der Waals surface area contributed by atoms with Crippen LogP contribution in [0.1, 0.15) is 36.0 Å². The van der Waals surface area contributed by atoms with Crippen LogP contribution >= 0.6 is 0 Å². The maximum atomic E-state index is 12.7.